The number of halogens is 3. The summed E-state index contributed by atoms with van der Waals surface area (Å²) in [6.45, 7) is 16.2. The zero-order chi connectivity index (χ0) is 45.9. The lowest BCUT2D eigenvalue weighted by atomic mass is 9.90. The van der Waals surface area contributed by atoms with Gasteiger partial charge in [0.15, 0.2) is 0 Å². The van der Waals surface area contributed by atoms with Gasteiger partial charge in [0.05, 0.1) is 36.9 Å². The summed E-state index contributed by atoms with van der Waals surface area (Å²) in [6.07, 6.45) is -0.294. The summed E-state index contributed by atoms with van der Waals surface area (Å²) in [5, 5.41) is 8.54. The van der Waals surface area contributed by atoms with Gasteiger partial charge in [0.1, 0.15) is 23.4 Å². The number of aromatic nitrogens is 3. The van der Waals surface area contributed by atoms with Crippen molar-refractivity contribution in [3.63, 3.8) is 0 Å². The minimum Gasteiger partial charge on any atom is -0.453 e. The molecule has 6 rings (SSSR count). The Hall–Kier alpha value is -6.13. The Bertz CT molecular complexity index is 2280. The number of likely N-dealkylation sites (tertiary alicyclic amines) is 1. The number of methoxy groups -OCH3 is 1. The van der Waals surface area contributed by atoms with E-state index in [-0.39, 0.29) is 45.6 Å². The first kappa shape index (κ1) is 46.4. The Morgan fingerprint density at radius 2 is 1.65 bits per heavy atom. The maximum atomic E-state index is 13.8. The van der Waals surface area contributed by atoms with Gasteiger partial charge < -0.3 is 40.2 Å². The third kappa shape index (κ3) is 11.5. The summed E-state index contributed by atoms with van der Waals surface area (Å²) >= 11 is 0. The van der Waals surface area contributed by atoms with Crippen molar-refractivity contribution in [1.82, 2.24) is 30.1 Å². The molecule has 2 aromatic carbocycles. The van der Waals surface area contributed by atoms with Crippen molar-refractivity contribution in [3.8, 4) is 28.1 Å². The van der Waals surface area contributed by atoms with E-state index in [2.05, 4.69) is 63.3 Å². The van der Waals surface area contributed by atoms with Gasteiger partial charge in [-0.25, -0.2) is 14.8 Å². The number of rotatable bonds is 16. The van der Waals surface area contributed by atoms with Crippen LogP contribution in [0.15, 0.2) is 67.0 Å². The van der Waals surface area contributed by atoms with Gasteiger partial charge in [0, 0.05) is 43.2 Å². The molecule has 3 heterocycles. The molecule has 2 aliphatic rings. The quantitative estimate of drug-likeness (QED) is 0.0860. The molecule has 2 fully saturated rings. The Labute approximate surface area is 365 Å². The minimum absolute atomic E-state index is 0.0463. The summed E-state index contributed by atoms with van der Waals surface area (Å²) in [6, 6.07) is 12.7. The van der Waals surface area contributed by atoms with Crippen LogP contribution in [0.1, 0.15) is 90.0 Å². The number of pyridine rings is 1. The van der Waals surface area contributed by atoms with E-state index >= 15 is 0 Å². The van der Waals surface area contributed by atoms with E-state index in [1.165, 1.54) is 25.4 Å². The molecule has 338 valence electrons. The molecule has 14 nitrogen and oxygen atoms in total. The van der Waals surface area contributed by atoms with E-state index in [4.69, 9.17) is 4.74 Å². The maximum absolute atomic E-state index is 13.8. The van der Waals surface area contributed by atoms with Crippen LogP contribution >= 0.6 is 0 Å². The number of aromatic amines is 1. The van der Waals surface area contributed by atoms with Gasteiger partial charge in [-0.15, -0.1) is 13.2 Å². The molecule has 1 aliphatic carbocycles. The van der Waals surface area contributed by atoms with E-state index in [9.17, 15) is 32.3 Å². The Balaban J connectivity index is 1.12. The predicted molar refractivity (Wildman–Crippen MR) is 233 cm³/mol. The van der Waals surface area contributed by atoms with Crippen LogP contribution in [0.4, 0.5) is 29.5 Å². The first-order valence-corrected chi connectivity index (χ1v) is 21.2. The number of imidazole rings is 1. The largest absolute Gasteiger partial charge is 0.573 e. The van der Waals surface area contributed by atoms with Crippen LogP contribution in [-0.4, -0.2) is 94.3 Å². The van der Waals surface area contributed by atoms with Crippen molar-refractivity contribution >= 4 is 35.3 Å². The van der Waals surface area contributed by atoms with Crippen molar-refractivity contribution in [1.29, 1.82) is 0 Å². The van der Waals surface area contributed by atoms with Crippen LogP contribution in [0.5, 0.6) is 5.75 Å². The topological polar surface area (TPSA) is 171 Å². The van der Waals surface area contributed by atoms with Crippen LogP contribution in [0.25, 0.3) is 22.4 Å². The average Bonchev–Trinajstić information content (AvgIpc) is 3.49. The third-order valence-electron chi connectivity index (χ3n) is 11.6. The molecule has 4 N–H and O–H groups in total. The molecular weight excluding hydrogens is 818 g/mol. The number of amides is 4. The summed E-state index contributed by atoms with van der Waals surface area (Å²) in [5.74, 6) is -0.346. The van der Waals surface area contributed by atoms with Gasteiger partial charge in [-0.1, -0.05) is 72.7 Å². The molecule has 1 saturated carbocycles. The van der Waals surface area contributed by atoms with Crippen molar-refractivity contribution < 1.29 is 41.8 Å². The summed E-state index contributed by atoms with van der Waals surface area (Å²) < 4.78 is 50.3. The highest BCUT2D eigenvalue weighted by atomic mass is 19.4. The number of hydrogen-bond donors (Lipinski definition) is 4. The normalized spacial score (nSPS) is 18.1. The van der Waals surface area contributed by atoms with Gasteiger partial charge >= 0.3 is 12.5 Å². The highest BCUT2D eigenvalue weighted by Crippen LogP contribution is 2.52. The van der Waals surface area contributed by atoms with Gasteiger partial charge in [0.2, 0.25) is 11.8 Å². The number of ether oxygens (including phenoxy) is 2. The number of carbonyl (C=O) groups excluding carboxylic acids is 4. The second kappa shape index (κ2) is 18.7. The smallest absolute Gasteiger partial charge is 0.453 e. The lowest BCUT2D eigenvalue weighted by molar-refractivity contribution is -0.274. The van der Waals surface area contributed by atoms with E-state index in [0.717, 1.165) is 18.9 Å². The maximum Gasteiger partial charge on any atom is 0.573 e. The molecule has 17 heteroatoms. The number of nitrogens with one attached hydrogen (secondary N) is 4. The van der Waals surface area contributed by atoms with Crippen molar-refractivity contribution in [2.24, 2.45) is 22.7 Å². The molecule has 63 heavy (non-hydrogen) atoms. The molecule has 0 radical (unpaired) electrons. The van der Waals surface area contributed by atoms with E-state index in [1.807, 2.05) is 25.7 Å². The zero-order valence-electron chi connectivity index (χ0n) is 37.0. The molecule has 4 amide bonds. The van der Waals surface area contributed by atoms with Crippen molar-refractivity contribution in [3.05, 3.63) is 78.4 Å². The standard InChI is InChI=1S/C46H57F3N8O6/c1-9-19-56(41(59)33-22-45(33,6)7)20-18-50-37-17-15-31(24-51-37)53-40(58)30-14-16-32(36(21-30)63-46(47,48)49)28-10-12-29(13-11-28)34-25-52-39(54-34)35-23-44(4,5)26-57(35)42(60)38(27(2)3)55-43(61)62-8/h10-17,21,24-25,27,33,35,38H,9,18-20,22-23,26H2,1-8H3,(H,50,51)(H,52,54)(H,53,58)(H,55,61). The number of alkyl halides is 3. The molecule has 0 spiro atoms. The molecule has 1 saturated heterocycles. The number of benzene rings is 2. The molecule has 1 aliphatic heterocycles. The fourth-order valence-electron chi connectivity index (χ4n) is 8.02. The molecule has 4 aromatic rings. The van der Waals surface area contributed by atoms with E-state index in [1.54, 1.807) is 47.5 Å². The second-order valence-corrected chi connectivity index (χ2v) is 18.1. The third-order valence-corrected chi connectivity index (χ3v) is 11.6. The molecule has 3 unspecified atom stereocenters. The molecule has 2 aromatic heterocycles. The highest BCUT2D eigenvalue weighted by Gasteiger charge is 2.51. The number of anilines is 2. The fourth-order valence-corrected chi connectivity index (χ4v) is 8.02. The Morgan fingerprint density at radius 1 is 0.952 bits per heavy atom. The fraction of sp³-hybridized carbons (Fsp3) is 0.478. The van der Waals surface area contributed by atoms with Crippen LogP contribution in [0.2, 0.25) is 0 Å². The van der Waals surface area contributed by atoms with Gasteiger partial charge in [0.25, 0.3) is 5.91 Å². The second-order valence-electron chi connectivity index (χ2n) is 18.1. The summed E-state index contributed by atoms with van der Waals surface area (Å²) in [7, 11) is 1.24. The van der Waals surface area contributed by atoms with E-state index < -0.39 is 36.2 Å². The van der Waals surface area contributed by atoms with Gasteiger partial charge in [-0.2, -0.15) is 0 Å². The van der Waals surface area contributed by atoms with Crippen LogP contribution < -0.4 is 20.7 Å². The first-order chi connectivity index (χ1) is 29.7. The van der Waals surface area contributed by atoms with Crippen molar-refractivity contribution in [2.45, 2.75) is 86.2 Å². The van der Waals surface area contributed by atoms with Gasteiger partial charge in [-0.05, 0) is 77.5 Å². The first-order valence-electron chi connectivity index (χ1n) is 21.2. The monoisotopic (exact) mass is 874 g/mol. The van der Waals surface area contributed by atoms with Crippen molar-refractivity contribution in [2.75, 3.05) is 43.9 Å². The lowest BCUT2D eigenvalue weighted by Gasteiger charge is -2.30. The van der Waals surface area contributed by atoms with Gasteiger partial charge in [-0.3, -0.25) is 14.4 Å². The molecule has 0 bridgehead atoms. The minimum atomic E-state index is -5.03. The molecule has 3 atom stereocenters. The number of nitrogens with zero attached hydrogens (tertiary/aromatic N) is 4. The highest BCUT2D eigenvalue weighted by molar-refractivity contribution is 6.05. The Morgan fingerprint density at radius 3 is 2.25 bits per heavy atom. The Kier molecular flexibility index (Phi) is 13.8. The molecular formula is C46H57F3N8O6. The predicted octanol–water partition coefficient (Wildman–Crippen LogP) is 8.67. The summed E-state index contributed by atoms with van der Waals surface area (Å²) in [5.41, 5.74) is 1.91. The number of carbonyl (C=O) groups is 4. The van der Waals surface area contributed by atoms with Crippen LogP contribution in [0.3, 0.4) is 0 Å². The SMILES string of the molecule is CCCN(CCNc1ccc(NC(=O)c2ccc(-c3ccc(-c4cnc(C5CC(C)(C)CN5C(=O)C(NC(=O)OC)C(C)C)[nH]4)cc3)c(OC(F)(F)F)c2)cn1)C(=O)C1CC1(C)C. The summed E-state index contributed by atoms with van der Waals surface area (Å²) in [4.78, 5) is 68.0. The number of H-pyrrole nitrogens is 1. The van der Waals surface area contributed by atoms with E-state index in [0.29, 0.717) is 66.8 Å². The zero-order valence-corrected chi connectivity index (χ0v) is 37.0. The number of hydrogen-bond acceptors (Lipinski definition) is 9. The van der Waals surface area contributed by atoms with Crippen LogP contribution in [0, 0.1) is 22.7 Å². The number of alkyl carbamates (subject to hydrolysis) is 1. The average molecular weight is 875 g/mol. The van der Waals surface area contributed by atoms with Crippen LogP contribution in [-0.2, 0) is 14.3 Å². The lowest BCUT2D eigenvalue weighted by Crippen LogP contribution is -2.51.